The van der Waals surface area contributed by atoms with Crippen molar-refractivity contribution in [2.75, 3.05) is 30.8 Å². The number of anilines is 1. The summed E-state index contributed by atoms with van der Waals surface area (Å²) >= 11 is 0. The van der Waals surface area contributed by atoms with Gasteiger partial charge in [0.1, 0.15) is 5.82 Å². The molecule has 2 saturated heterocycles. The fourth-order valence-electron chi connectivity index (χ4n) is 5.39. The Morgan fingerprint density at radius 1 is 1.03 bits per heavy atom. The number of halogens is 1. The van der Waals surface area contributed by atoms with E-state index in [-0.39, 0.29) is 11.4 Å². The largest absolute Gasteiger partial charge is 0.371 e. The predicted molar refractivity (Wildman–Crippen MR) is 121 cm³/mol. The molecular formula is C23H27FN4O2S. The molecule has 3 aromatic rings. The van der Waals surface area contributed by atoms with Gasteiger partial charge in [0.25, 0.3) is 0 Å². The average molecular weight is 443 g/mol. The number of piperidine rings is 1. The molecule has 0 N–H and O–H groups in total. The first-order chi connectivity index (χ1) is 14.8. The molecule has 5 rings (SSSR count). The number of aryl methyl sites for hydroxylation is 1. The van der Waals surface area contributed by atoms with Crippen LogP contribution in [0.3, 0.4) is 0 Å². The van der Waals surface area contributed by atoms with Gasteiger partial charge in [-0.1, -0.05) is 0 Å². The Hall–Kier alpha value is -2.45. The molecule has 0 aliphatic carbocycles. The van der Waals surface area contributed by atoms with Gasteiger partial charge in [0.15, 0.2) is 0 Å². The van der Waals surface area contributed by atoms with E-state index < -0.39 is 10.0 Å². The van der Waals surface area contributed by atoms with Crippen molar-refractivity contribution in [3.8, 4) is 5.69 Å². The maximum atomic E-state index is 13.3. The van der Waals surface area contributed by atoms with Crippen molar-refractivity contribution in [3.05, 3.63) is 54.0 Å². The molecule has 2 aliphatic heterocycles. The topological polar surface area (TPSA) is 58.4 Å². The molecule has 1 aromatic heterocycles. The van der Waals surface area contributed by atoms with E-state index >= 15 is 0 Å². The van der Waals surface area contributed by atoms with Gasteiger partial charge in [-0.15, -0.1) is 0 Å². The van der Waals surface area contributed by atoms with Crippen molar-refractivity contribution >= 4 is 26.6 Å². The summed E-state index contributed by atoms with van der Waals surface area (Å²) in [5.41, 5.74) is 3.92. The number of hydrogen-bond acceptors (Lipinski definition) is 4. The molecule has 8 heteroatoms. The molecule has 3 heterocycles. The van der Waals surface area contributed by atoms with Crippen LogP contribution in [0, 0.1) is 12.7 Å². The summed E-state index contributed by atoms with van der Waals surface area (Å²) < 4.78 is 41.4. The van der Waals surface area contributed by atoms with E-state index in [4.69, 9.17) is 0 Å². The van der Waals surface area contributed by atoms with E-state index in [1.165, 1.54) is 24.1 Å². The monoisotopic (exact) mass is 442 g/mol. The van der Waals surface area contributed by atoms with Gasteiger partial charge in [-0.05, 0) is 74.6 Å². The maximum Gasteiger partial charge on any atom is 0.211 e. The van der Waals surface area contributed by atoms with Crippen LogP contribution < -0.4 is 4.90 Å². The van der Waals surface area contributed by atoms with Gasteiger partial charge in [-0.2, -0.15) is 9.40 Å². The van der Waals surface area contributed by atoms with Crippen molar-refractivity contribution in [1.82, 2.24) is 14.1 Å². The zero-order valence-electron chi connectivity index (χ0n) is 17.9. The molecule has 2 aliphatic rings. The van der Waals surface area contributed by atoms with E-state index in [0.29, 0.717) is 6.54 Å². The van der Waals surface area contributed by atoms with Gasteiger partial charge in [0.2, 0.25) is 10.0 Å². The second-order valence-corrected chi connectivity index (χ2v) is 10.8. The highest BCUT2D eigenvalue weighted by Crippen LogP contribution is 2.41. The Labute approximate surface area is 182 Å². The highest BCUT2D eigenvalue weighted by atomic mass is 32.2. The number of nitrogens with zero attached hydrogens (tertiary/aromatic N) is 4. The summed E-state index contributed by atoms with van der Waals surface area (Å²) in [5, 5.41) is 5.55. The lowest BCUT2D eigenvalue weighted by atomic mass is 9.86. The van der Waals surface area contributed by atoms with Gasteiger partial charge < -0.3 is 4.90 Å². The van der Waals surface area contributed by atoms with Crippen LogP contribution >= 0.6 is 0 Å². The minimum Gasteiger partial charge on any atom is -0.371 e. The zero-order valence-corrected chi connectivity index (χ0v) is 18.7. The second kappa shape index (κ2) is 7.31. The summed E-state index contributed by atoms with van der Waals surface area (Å²) in [4.78, 5) is 2.37. The van der Waals surface area contributed by atoms with Gasteiger partial charge in [0, 0.05) is 36.2 Å². The third kappa shape index (κ3) is 3.51. The van der Waals surface area contributed by atoms with Gasteiger partial charge in [0.05, 0.1) is 23.7 Å². The Bertz CT molecular complexity index is 1230. The Balaban J connectivity index is 1.42. The molecule has 31 heavy (non-hydrogen) atoms. The number of sulfonamides is 1. The first-order valence-electron chi connectivity index (χ1n) is 10.7. The molecular weight excluding hydrogens is 415 g/mol. The van der Waals surface area contributed by atoms with E-state index in [2.05, 4.69) is 29.1 Å². The SMILES string of the molecule is Cc1cc2c(cnn2-c2ccc(F)cc2)cc1N1CCC2(CCCN2S(C)(=O)=O)CC1. The predicted octanol–water partition coefficient (Wildman–Crippen LogP) is 3.87. The minimum atomic E-state index is -3.18. The third-order valence-electron chi connectivity index (χ3n) is 6.92. The van der Waals surface area contributed by atoms with Crippen molar-refractivity contribution in [2.45, 2.75) is 38.1 Å². The average Bonchev–Trinajstić information content (AvgIpc) is 3.33. The van der Waals surface area contributed by atoms with E-state index in [1.807, 2.05) is 10.9 Å². The summed E-state index contributed by atoms with van der Waals surface area (Å²) in [6.45, 7) is 4.42. The molecule has 1 spiro atoms. The standard InChI is InChI=1S/C23H27FN4O2S/c1-17-14-22-18(16-25-28(22)20-6-4-19(24)5-7-20)15-21(17)26-12-9-23(10-13-26)8-3-11-27(23)31(2,29)30/h4-7,14-16H,3,8-13H2,1-2H3. The van der Waals surface area contributed by atoms with E-state index in [9.17, 15) is 12.8 Å². The van der Waals surface area contributed by atoms with Crippen LogP contribution in [-0.4, -0.2) is 53.9 Å². The first kappa shape index (κ1) is 20.5. The van der Waals surface area contributed by atoms with Gasteiger partial charge in [-0.25, -0.2) is 17.5 Å². The normalized spacial score (nSPS) is 19.5. The lowest BCUT2D eigenvalue weighted by Gasteiger charge is -2.45. The first-order valence-corrected chi connectivity index (χ1v) is 12.6. The Morgan fingerprint density at radius 2 is 1.74 bits per heavy atom. The number of aromatic nitrogens is 2. The van der Waals surface area contributed by atoms with E-state index in [0.717, 1.165) is 60.9 Å². The summed E-state index contributed by atoms with van der Waals surface area (Å²) in [7, 11) is -3.18. The molecule has 2 aromatic carbocycles. The van der Waals surface area contributed by atoms with Crippen molar-refractivity contribution < 1.29 is 12.8 Å². The van der Waals surface area contributed by atoms with Crippen LogP contribution in [0.25, 0.3) is 16.6 Å². The van der Waals surface area contributed by atoms with Crippen LogP contribution in [0.15, 0.2) is 42.6 Å². The Morgan fingerprint density at radius 3 is 2.42 bits per heavy atom. The minimum absolute atomic E-state index is 0.213. The quantitative estimate of drug-likeness (QED) is 0.618. The highest BCUT2D eigenvalue weighted by Gasteiger charge is 2.47. The molecule has 0 radical (unpaired) electrons. The molecule has 0 unspecified atom stereocenters. The van der Waals surface area contributed by atoms with Crippen LogP contribution in [0.5, 0.6) is 0 Å². The lowest BCUT2D eigenvalue weighted by Crippen LogP contribution is -2.53. The number of fused-ring (bicyclic) bond motifs is 1. The molecule has 2 fully saturated rings. The van der Waals surface area contributed by atoms with Crippen LogP contribution in [0.4, 0.5) is 10.1 Å². The van der Waals surface area contributed by atoms with Gasteiger partial charge in [-0.3, -0.25) is 0 Å². The van der Waals surface area contributed by atoms with Crippen LogP contribution in [0.2, 0.25) is 0 Å². The van der Waals surface area contributed by atoms with Crippen molar-refractivity contribution in [2.24, 2.45) is 0 Å². The molecule has 0 saturated carbocycles. The fraction of sp³-hybridized carbons (Fsp3) is 0.435. The fourth-order valence-corrected chi connectivity index (χ4v) is 6.83. The van der Waals surface area contributed by atoms with E-state index in [1.54, 1.807) is 16.4 Å². The van der Waals surface area contributed by atoms with Crippen LogP contribution in [0.1, 0.15) is 31.2 Å². The van der Waals surface area contributed by atoms with Gasteiger partial charge >= 0.3 is 0 Å². The smallest absolute Gasteiger partial charge is 0.211 e. The molecule has 164 valence electrons. The highest BCUT2D eigenvalue weighted by molar-refractivity contribution is 7.88. The molecule has 0 atom stereocenters. The van der Waals surface area contributed by atoms with Crippen molar-refractivity contribution in [3.63, 3.8) is 0 Å². The molecule has 6 nitrogen and oxygen atoms in total. The summed E-state index contributed by atoms with van der Waals surface area (Å²) in [6, 6.07) is 10.6. The van der Waals surface area contributed by atoms with Crippen molar-refractivity contribution in [1.29, 1.82) is 0 Å². The van der Waals surface area contributed by atoms with Crippen LogP contribution in [-0.2, 0) is 10.0 Å². The lowest BCUT2D eigenvalue weighted by molar-refractivity contribution is 0.193. The zero-order chi connectivity index (χ0) is 21.8. The number of hydrogen-bond donors (Lipinski definition) is 0. The molecule has 0 amide bonds. The summed E-state index contributed by atoms with van der Waals surface area (Å²) in [6.07, 6.45) is 6.79. The number of rotatable bonds is 3. The second-order valence-electron chi connectivity index (χ2n) is 8.88. The third-order valence-corrected chi connectivity index (χ3v) is 8.30. The maximum absolute atomic E-state index is 13.3. The summed E-state index contributed by atoms with van der Waals surface area (Å²) in [5.74, 6) is -0.266. The molecule has 0 bridgehead atoms. The Kier molecular flexibility index (Phi) is 4.82. The number of benzene rings is 2.